The van der Waals surface area contributed by atoms with Crippen LogP contribution in [0.3, 0.4) is 0 Å². The third-order valence-corrected chi connectivity index (χ3v) is 4.09. The molecule has 0 aliphatic rings. The molecule has 6 heteroatoms. The van der Waals surface area contributed by atoms with Gasteiger partial charge in [0.05, 0.1) is 5.56 Å². The zero-order valence-corrected chi connectivity index (χ0v) is 14.6. The molecule has 1 N–H and O–H groups in total. The lowest BCUT2D eigenvalue weighted by Crippen LogP contribution is -2.30. The summed E-state index contributed by atoms with van der Waals surface area (Å²) in [7, 11) is 0. The van der Waals surface area contributed by atoms with E-state index in [0.29, 0.717) is 5.69 Å². The number of fused-ring (bicyclic) bond motifs is 1. The second kappa shape index (κ2) is 7.54. The fourth-order valence-electron chi connectivity index (χ4n) is 2.50. The van der Waals surface area contributed by atoms with Crippen molar-refractivity contribution in [3.05, 3.63) is 77.1 Å². The van der Waals surface area contributed by atoms with Gasteiger partial charge in [-0.05, 0) is 36.6 Å². The van der Waals surface area contributed by atoms with Crippen LogP contribution in [0.25, 0.3) is 10.8 Å². The van der Waals surface area contributed by atoms with Crippen molar-refractivity contribution in [3.63, 3.8) is 0 Å². The lowest BCUT2D eigenvalue weighted by atomic mass is 10.1. The third-order valence-electron chi connectivity index (χ3n) is 3.85. The molecule has 3 rings (SSSR count). The summed E-state index contributed by atoms with van der Waals surface area (Å²) in [6.07, 6.45) is -1.10. The first-order valence-electron chi connectivity index (χ1n) is 7.90. The van der Waals surface area contributed by atoms with Crippen LogP contribution in [0.1, 0.15) is 17.3 Å². The maximum Gasteiger partial charge on any atom is 0.341 e. The second-order valence-electron chi connectivity index (χ2n) is 5.69. The minimum atomic E-state index is -1.10. The lowest BCUT2D eigenvalue weighted by molar-refractivity contribution is -0.123. The fourth-order valence-corrected chi connectivity index (χ4v) is 2.66. The Bertz CT molecular complexity index is 984. The van der Waals surface area contributed by atoms with Gasteiger partial charge in [-0.15, -0.1) is 0 Å². The molecule has 1 amide bonds. The zero-order valence-electron chi connectivity index (χ0n) is 13.8. The van der Waals surface area contributed by atoms with Gasteiger partial charge in [-0.2, -0.15) is 0 Å². The summed E-state index contributed by atoms with van der Waals surface area (Å²) in [6, 6.07) is 16.7. The number of nitrogens with one attached hydrogen (secondary N) is 1. The van der Waals surface area contributed by atoms with E-state index < -0.39 is 23.8 Å². The fraction of sp³-hybridized carbons (Fsp3) is 0.100. The second-order valence-corrected chi connectivity index (χ2v) is 6.12. The molecule has 0 heterocycles. The Balaban J connectivity index is 1.72. The number of carbonyl (C=O) groups excluding carboxylic acids is 2. The summed E-state index contributed by atoms with van der Waals surface area (Å²) in [4.78, 5) is 24.4. The number of carbonyl (C=O) groups is 2. The van der Waals surface area contributed by atoms with E-state index in [2.05, 4.69) is 5.32 Å². The van der Waals surface area contributed by atoms with Crippen LogP contribution < -0.4 is 5.32 Å². The monoisotopic (exact) mass is 371 g/mol. The first-order valence-corrected chi connectivity index (χ1v) is 8.28. The Kier molecular flexibility index (Phi) is 5.19. The smallest absolute Gasteiger partial charge is 0.341 e. The third kappa shape index (κ3) is 3.83. The van der Waals surface area contributed by atoms with E-state index in [-0.39, 0.29) is 10.6 Å². The van der Waals surface area contributed by atoms with Crippen molar-refractivity contribution in [3.8, 4) is 0 Å². The summed E-state index contributed by atoms with van der Waals surface area (Å²) in [5, 5.41) is 4.74. The van der Waals surface area contributed by atoms with Gasteiger partial charge < -0.3 is 10.1 Å². The zero-order chi connectivity index (χ0) is 18.7. The van der Waals surface area contributed by atoms with Crippen LogP contribution in [0, 0.1) is 5.82 Å². The predicted molar refractivity (Wildman–Crippen MR) is 98.9 cm³/mol. The highest BCUT2D eigenvalue weighted by atomic mass is 35.5. The van der Waals surface area contributed by atoms with E-state index in [0.717, 1.165) is 16.8 Å². The molecule has 4 nitrogen and oxygen atoms in total. The number of esters is 1. The van der Waals surface area contributed by atoms with E-state index in [1.54, 1.807) is 6.07 Å². The van der Waals surface area contributed by atoms with Gasteiger partial charge in [0.25, 0.3) is 5.91 Å². The Morgan fingerprint density at radius 1 is 1.08 bits per heavy atom. The Morgan fingerprint density at radius 2 is 1.81 bits per heavy atom. The van der Waals surface area contributed by atoms with Crippen molar-refractivity contribution in [2.45, 2.75) is 13.0 Å². The molecule has 0 bridgehead atoms. The van der Waals surface area contributed by atoms with Gasteiger partial charge in [0.1, 0.15) is 5.82 Å². The molecule has 0 spiro atoms. The first kappa shape index (κ1) is 17.9. The van der Waals surface area contributed by atoms with Gasteiger partial charge in [0.15, 0.2) is 6.10 Å². The highest BCUT2D eigenvalue weighted by Gasteiger charge is 2.21. The van der Waals surface area contributed by atoms with Gasteiger partial charge >= 0.3 is 5.97 Å². The van der Waals surface area contributed by atoms with Crippen LogP contribution >= 0.6 is 11.6 Å². The Labute approximate surface area is 154 Å². The van der Waals surface area contributed by atoms with Crippen LogP contribution in [0.5, 0.6) is 0 Å². The van der Waals surface area contributed by atoms with Crippen LogP contribution in [0.4, 0.5) is 10.1 Å². The molecule has 0 aliphatic carbocycles. The quantitative estimate of drug-likeness (QED) is 0.669. The number of hydrogen-bond acceptors (Lipinski definition) is 3. The largest absolute Gasteiger partial charge is 0.449 e. The van der Waals surface area contributed by atoms with Crippen molar-refractivity contribution in [1.29, 1.82) is 0 Å². The molecule has 0 aromatic heterocycles. The van der Waals surface area contributed by atoms with Gasteiger partial charge in [-0.1, -0.05) is 48.0 Å². The minimum Gasteiger partial charge on any atom is -0.449 e. The number of ether oxygens (including phenoxy) is 1. The predicted octanol–water partition coefficient (Wildman–Crippen LogP) is 4.82. The molecule has 0 fully saturated rings. The van der Waals surface area contributed by atoms with Crippen molar-refractivity contribution in [1.82, 2.24) is 0 Å². The minimum absolute atomic E-state index is 0.167. The molecule has 0 radical (unpaired) electrons. The van der Waals surface area contributed by atoms with E-state index >= 15 is 0 Å². The summed E-state index contributed by atoms with van der Waals surface area (Å²) < 4.78 is 18.9. The van der Waals surface area contributed by atoms with Crippen LogP contribution in [-0.2, 0) is 9.53 Å². The molecule has 132 valence electrons. The molecule has 0 saturated carbocycles. The van der Waals surface area contributed by atoms with Gasteiger partial charge in [-0.3, -0.25) is 4.79 Å². The summed E-state index contributed by atoms with van der Waals surface area (Å²) in [5.41, 5.74) is 0.327. The number of anilines is 1. The molecule has 3 aromatic carbocycles. The van der Waals surface area contributed by atoms with Gasteiger partial charge in [0.2, 0.25) is 0 Å². The van der Waals surface area contributed by atoms with E-state index in [9.17, 15) is 14.0 Å². The van der Waals surface area contributed by atoms with Crippen molar-refractivity contribution >= 4 is 39.9 Å². The highest BCUT2D eigenvalue weighted by Crippen LogP contribution is 2.23. The van der Waals surface area contributed by atoms with Crippen LogP contribution in [0.15, 0.2) is 60.7 Å². The number of rotatable bonds is 4. The van der Waals surface area contributed by atoms with Crippen LogP contribution in [0.2, 0.25) is 5.02 Å². The molecule has 0 aliphatic heterocycles. The molecule has 0 unspecified atom stereocenters. The van der Waals surface area contributed by atoms with E-state index in [1.807, 2.05) is 36.4 Å². The normalized spacial score (nSPS) is 11.8. The molecular formula is C20H15ClFNO3. The highest BCUT2D eigenvalue weighted by molar-refractivity contribution is 6.30. The van der Waals surface area contributed by atoms with Crippen molar-refractivity contribution in [2.24, 2.45) is 0 Å². The summed E-state index contributed by atoms with van der Waals surface area (Å²) in [6.45, 7) is 1.42. The molecule has 26 heavy (non-hydrogen) atoms. The van der Waals surface area contributed by atoms with E-state index in [1.165, 1.54) is 19.1 Å². The Hall–Kier alpha value is -2.92. The molecule has 3 aromatic rings. The number of halogens is 2. The molecule has 0 saturated heterocycles. The summed E-state index contributed by atoms with van der Waals surface area (Å²) in [5.74, 6) is -2.24. The van der Waals surface area contributed by atoms with Crippen molar-refractivity contribution < 1.29 is 18.7 Å². The van der Waals surface area contributed by atoms with Crippen LogP contribution in [-0.4, -0.2) is 18.0 Å². The maximum absolute atomic E-state index is 13.8. The average molecular weight is 372 g/mol. The van der Waals surface area contributed by atoms with Gasteiger partial charge in [-0.25, -0.2) is 9.18 Å². The molecular weight excluding hydrogens is 357 g/mol. The number of benzene rings is 3. The SMILES string of the molecule is C[C@H](OC(=O)c1ccc(Cl)cc1F)C(=O)Nc1cccc2ccccc12. The molecule has 1 atom stereocenters. The summed E-state index contributed by atoms with van der Waals surface area (Å²) >= 11 is 5.66. The Morgan fingerprint density at radius 3 is 2.58 bits per heavy atom. The maximum atomic E-state index is 13.8. The lowest BCUT2D eigenvalue weighted by Gasteiger charge is -2.15. The average Bonchev–Trinajstić information content (AvgIpc) is 2.61. The number of amides is 1. The topological polar surface area (TPSA) is 55.4 Å². The van der Waals surface area contributed by atoms with Crippen molar-refractivity contribution in [2.75, 3.05) is 5.32 Å². The number of hydrogen-bond donors (Lipinski definition) is 1. The van der Waals surface area contributed by atoms with E-state index in [4.69, 9.17) is 16.3 Å². The van der Waals surface area contributed by atoms with Gasteiger partial charge in [0, 0.05) is 16.1 Å². The first-order chi connectivity index (χ1) is 12.5. The standard InChI is InChI=1S/C20H15ClFNO3/c1-12(26-20(25)16-10-9-14(21)11-17(16)22)19(24)23-18-8-4-6-13-5-2-3-7-15(13)18/h2-12H,1H3,(H,23,24)/t12-/m0/s1.